The number of benzene rings is 2. The van der Waals surface area contributed by atoms with E-state index in [9.17, 15) is 13.9 Å². The molecule has 0 aliphatic heterocycles. The van der Waals surface area contributed by atoms with Gasteiger partial charge in [-0.15, -0.1) is 0 Å². The lowest BCUT2D eigenvalue weighted by molar-refractivity contribution is 0.156. The zero-order valence-electron chi connectivity index (χ0n) is 11.5. The molecule has 0 spiro atoms. The number of rotatable bonds is 3. The first-order valence-electron chi connectivity index (χ1n) is 7.02. The minimum Gasteiger partial charge on any atom is -0.489 e. The number of aliphatic hydroxyl groups excluding tert-OH is 1. The Bertz CT molecular complexity index is 635. The van der Waals surface area contributed by atoms with E-state index in [-0.39, 0.29) is 12.2 Å². The summed E-state index contributed by atoms with van der Waals surface area (Å²) in [5.41, 5.74) is 1.88. The lowest BCUT2D eigenvalue weighted by Gasteiger charge is -2.22. The van der Waals surface area contributed by atoms with Gasteiger partial charge < -0.3 is 9.84 Å². The van der Waals surface area contributed by atoms with Crippen molar-refractivity contribution in [3.8, 4) is 5.75 Å². The summed E-state index contributed by atoms with van der Waals surface area (Å²) in [5, 5.41) is 9.98. The molecule has 110 valence electrons. The van der Waals surface area contributed by atoms with Crippen molar-refractivity contribution in [3.05, 3.63) is 64.7 Å². The molecule has 1 atom stereocenters. The second kappa shape index (κ2) is 5.82. The summed E-state index contributed by atoms with van der Waals surface area (Å²) in [6, 6.07) is 9.18. The fourth-order valence-corrected chi connectivity index (χ4v) is 2.67. The van der Waals surface area contributed by atoms with Crippen molar-refractivity contribution in [2.24, 2.45) is 0 Å². The normalized spacial score (nSPS) is 17.4. The smallest absolute Gasteiger partial charge is 0.132 e. The zero-order valence-corrected chi connectivity index (χ0v) is 11.5. The fourth-order valence-electron chi connectivity index (χ4n) is 2.67. The molecule has 1 N–H and O–H groups in total. The van der Waals surface area contributed by atoms with E-state index in [2.05, 4.69) is 0 Å². The second-order valence-corrected chi connectivity index (χ2v) is 5.26. The van der Waals surface area contributed by atoms with E-state index in [4.69, 9.17) is 4.74 Å². The molecule has 0 bridgehead atoms. The highest BCUT2D eigenvalue weighted by atomic mass is 19.1. The van der Waals surface area contributed by atoms with Crippen LogP contribution in [0.15, 0.2) is 36.4 Å². The third kappa shape index (κ3) is 2.90. The lowest BCUT2D eigenvalue weighted by Crippen LogP contribution is -2.09. The van der Waals surface area contributed by atoms with E-state index in [0.717, 1.165) is 30.4 Å². The van der Waals surface area contributed by atoms with Gasteiger partial charge in [0.2, 0.25) is 0 Å². The molecule has 2 aromatic carbocycles. The van der Waals surface area contributed by atoms with E-state index in [1.807, 2.05) is 6.07 Å². The first-order chi connectivity index (χ1) is 10.1. The Balaban J connectivity index is 1.78. The summed E-state index contributed by atoms with van der Waals surface area (Å²) < 4.78 is 32.5. The van der Waals surface area contributed by atoms with Crippen molar-refractivity contribution in [1.82, 2.24) is 0 Å². The molecule has 0 saturated heterocycles. The zero-order chi connectivity index (χ0) is 14.8. The van der Waals surface area contributed by atoms with Crippen molar-refractivity contribution < 1.29 is 18.6 Å². The van der Waals surface area contributed by atoms with Crippen LogP contribution < -0.4 is 4.74 Å². The molecule has 0 unspecified atom stereocenters. The number of fused-ring (bicyclic) bond motifs is 1. The maximum Gasteiger partial charge on any atom is 0.132 e. The van der Waals surface area contributed by atoms with Crippen LogP contribution in [0.2, 0.25) is 0 Å². The highest BCUT2D eigenvalue weighted by molar-refractivity contribution is 5.38. The Hall–Kier alpha value is -1.94. The molecule has 3 rings (SSSR count). The van der Waals surface area contributed by atoms with E-state index in [0.29, 0.717) is 5.75 Å². The number of hydrogen-bond acceptors (Lipinski definition) is 2. The van der Waals surface area contributed by atoms with Crippen LogP contribution >= 0.6 is 0 Å². The Labute approximate surface area is 122 Å². The SMILES string of the molecule is O[C@H]1CCCc2ccc(OCc3c(F)cccc3F)cc21. The topological polar surface area (TPSA) is 29.5 Å². The molecule has 0 aromatic heterocycles. The van der Waals surface area contributed by atoms with Crippen molar-refractivity contribution in [2.45, 2.75) is 32.0 Å². The molecule has 21 heavy (non-hydrogen) atoms. The monoisotopic (exact) mass is 290 g/mol. The third-order valence-electron chi connectivity index (χ3n) is 3.84. The largest absolute Gasteiger partial charge is 0.489 e. The van der Waals surface area contributed by atoms with Crippen LogP contribution in [0.25, 0.3) is 0 Å². The Kier molecular flexibility index (Phi) is 3.88. The summed E-state index contributed by atoms with van der Waals surface area (Å²) in [5.74, 6) is -0.724. The average molecular weight is 290 g/mol. The summed E-state index contributed by atoms with van der Waals surface area (Å²) in [7, 11) is 0. The molecular weight excluding hydrogens is 274 g/mol. The van der Waals surface area contributed by atoms with Crippen LogP contribution in [0.3, 0.4) is 0 Å². The van der Waals surface area contributed by atoms with Crippen molar-refractivity contribution >= 4 is 0 Å². The first kappa shape index (κ1) is 14.0. The van der Waals surface area contributed by atoms with Gasteiger partial charge in [-0.05, 0) is 54.7 Å². The van der Waals surface area contributed by atoms with Gasteiger partial charge in [-0.1, -0.05) is 12.1 Å². The number of ether oxygens (including phenoxy) is 1. The Morgan fingerprint density at radius 1 is 1.14 bits per heavy atom. The first-order valence-corrected chi connectivity index (χ1v) is 7.02. The minimum atomic E-state index is -0.618. The maximum absolute atomic E-state index is 13.5. The van der Waals surface area contributed by atoms with Gasteiger partial charge in [0.25, 0.3) is 0 Å². The molecule has 0 heterocycles. The van der Waals surface area contributed by atoms with Crippen LogP contribution in [0.5, 0.6) is 5.75 Å². The Morgan fingerprint density at radius 3 is 2.67 bits per heavy atom. The highest BCUT2D eigenvalue weighted by Crippen LogP contribution is 2.32. The van der Waals surface area contributed by atoms with Gasteiger partial charge in [-0.3, -0.25) is 0 Å². The van der Waals surface area contributed by atoms with E-state index >= 15 is 0 Å². The third-order valence-corrected chi connectivity index (χ3v) is 3.84. The van der Waals surface area contributed by atoms with Gasteiger partial charge in [-0.25, -0.2) is 8.78 Å². The molecule has 1 aliphatic rings. The molecule has 0 amide bonds. The number of hydrogen-bond donors (Lipinski definition) is 1. The van der Waals surface area contributed by atoms with Crippen molar-refractivity contribution in [3.63, 3.8) is 0 Å². The van der Waals surface area contributed by atoms with Gasteiger partial charge >= 0.3 is 0 Å². The molecule has 0 saturated carbocycles. The van der Waals surface area contributed by atoms with Crippen LogP contribution in [-0.4, -0.2) is 5.11 Å². The van der Waals surface area contributed by atoms with Gasteiger partial charge in [0, 0.05) is 0 Å². The van der Waals surface area contributed by atoms with Gasteiger partial charge in [0.1, 0.15) is 24.0 Å². The van der Waals surface area contributed by atoms with E-state index < -0.39 is 17.7 Å². The summed E-state index contributed by atoms with van der Waals surface area (Å²) in [6.45, 7) is -0.173. The highest BCUT2D eigenvalue weighted by Gasteiger charge is 2.18. The van der Waals surface area contributed by atoms with Crippen molar-refractivity contribution in [2.75, 3.05) is 0 Å². The van der Waals surface area contributed by atoms with Crippen LogP contribution in [0, 0.1) is 11.6 Å². The van der Waals surface area contributed by atoms with Crippen LogP contribution in [0.1, 0.15) is 35.6 Å². The molecule has 0 fully saturated rings. The molecule has 4 heteroatoms. The molecule has 1 aliphatic carbocycles. The van der Waals surface area contributed by atoms with Crippen LogP contribution in [0.4, 0.5) is 8.78 Å². The summed E-state index contributed by atoms with van der Waals surface area (Å²) in [4.78, 5) is 0. The lowest BCUT2D eigenvalue weighted by atomic mass is 9.89. The number of aliphatic hydroxyl groups is 1. The maximum atomic E-state index is 13.5. The van der Waals surface area contributed by atoms with Crippen molar-refractivity contribution in [1.29, 1.82) is 0 Å². The fraction of sp³-hybridized carbons (Fsp3) is 0.294. The summed E-state index contributed by atoms with van der Waals surface area (Å²) >= 11 is 0. The standard InChI is InChI=1S/C17H16F2O2/c18-15-4-2-5-16(19)14(15)10-21-12-8-7-11-3-1-6-17(20)13(11)9-12/h2,4-5,7-9,17,20H,1,3,6,10H2/t17-/m0/s1. The van der Waals surface area contributed by atoms with E-state index in [1.54, 1.807) is 12.1 Å². The Morgan fingerprint density at radius 2 is 1.90 bits per heavy atom. The predicted molar refractivity (Wildman–Crippen MR) is 75.0 cm³/mol. The quantitative estimate of drug-likeness (QED) is 0.928. The van der Waals surface area contributed by atoms with Gasteiger partial charge in [0.15, 0.2) is 0 Å². The number of halogens is 2. The molecule has 2 nitrogen and oxygen atoms in total. The van der Waals surface area contributed by atoms with Gasteiger partial charge in [-0.2, -0.15) is 0 Å². The average Bonchev–Trinajstić information content (AvgIpc) is 2.47. The molecule has 0 radical (unpaired) electrons. The van der Waals surface area contributed by atoms with E-state index in [1.165, 1.54) is 18.2 Å². The predicted octanol–water partition coefficient (Wildman–Crippen LogP) is 3.91. The molecule has 2 aromatic rings. The molecular formula is C17H16F2O2. The minimum absolute atomic E-state index is 0.0873. The van der Waals surface area contributed by atoms with Crippen LogP contribution in [-0.2, 0) is 13.0 Å². The second-order valence-electron chi connectivity index (χ2n) is 5.26. The number of aryl methyl sites for hydroxylation is 1. The van der Waals surface area contributed by atoms with Gasteiger partial charge in [0.05, 0.1) is 11.7 Å². The summed E-state index contributed by atoms with van der Waals surface area (Å²) in [6.07, 6.45) is 2.16.